The maximum absolute atomic E-state index is 13.9. The van der Waals surface area contributed by atoms with Gasteiger partial charge in [0.15, 0.2) is 0 Å². The van der Waals surface area contributed by atoms with Gasteiger partial charge in [0.1, 0.15) is 17.3 Å². The quantitative estimate of drug-likeness (QED) is 0.787. The summed E-state index contributed by atoms with van der Waals surface area (Å²) in [6.45, 7) is 0.682. The SMILES string of the molecule is O=C(O)CCC1CCCCN1C(=O)CCc1ccc(-c2ccccc2F)o1. The molecule has 144 valence electrons. The highest BCUT2D eigenvalue weighted by Crippen LogP contribution is 2.26. The smallest absolute Gasteiger partial charge is 0.303 e. The van der Waals surface area contributed by atoms with Gasteiger partial charge in [-0.1, -0.05) is 12.1 Å². The number of benzene rings is 1. The van der Waals surface area contributed by atoms with E-state index in [1.807, 2.05) is 4.90 Å². The van der Waals surface area contributed by atoms with Gasteiger partial charge < -0.3 is 14.4 Å². The van der Waals surface area contributed by atoms with Crippen LogP contribution in [0.3, 0.4) is 0 Å². The third kappa shape index (κ3) is 4.96. The van der Waals surface area contributed by atoms with Gasteiger partial charge in [-0.2, -0.15) is 0 Å². The maximum Gasteiger partial charge on any atom is 0.303 e. The lowest BCUT2D eigenvalue weighted by Crippen LogP contribution is -2.44. The second kappa shape index (κ2) is 8.84. The highest BCUT2D eigenvalue weighted by Gasteiger charge is 2.26. The van der Waals surface area contributed by atoms with Crippen molar-refractivity contribution in [2.75, 3.05) is 6.54 Å². The second-order valence-corrected chi connectivity index (χ2v) is 6.91. The molecule has 1 saturated heterocycles. The Labute approximate surface area is 157 Å². The molecule has 2 heterocycles. The van der Waals surface area contributed by atoms with E-state index < -0.39 is 5.97 Å². The number of aliphatic carboxylic acids is 1. The third-order valence-electron chi connectivity index (χ3n) is 5.03. The van der Waals surface area contributed by atoms with Gasteiger partial charge in [0.2, 0.25) is 5.91 Å². The standard InChI is InChI=1S/C21H24FNO4/c22-18-7-2-1-6-17(18)19-11-9-16(27-19)10-12-20(24)23-14-4-3-5-15(23)8-13-21(25)26/h1-2,6-7,9,11,15H,3-5,8,10,12-14H2,(H,25,26). The molecule has 1 aliphatic rings. The van der Waals surface area contributed by atoms with Gasteiger partial charge in [-0.05, 0) is 49.9 Å². The molecule has 1 fully saturated rings. The van der Waals surface area contributed by atoms with Crippen LogP contribution in [0.25, 0.3) is 11.3 Å². The van der Waals surface area contributed by atoms with Crippen LogP contribution in [0.1, 0.15) is 44.3 Å². The van der Waals surface area contributed by atoms with E-state index in [9.17, 15) is 14.0 Å². The van der Waals surface area contributed by atoms with Gasteiger partial charge in [0.05, 0.1) is 5.56 Å². The van der Waals surface area contributed by atoms with Gasteiger partial charge in [0, 0.05) is 31.8 Å². The summed E-state index contributed by atoms with van der Waals surface area (Å²) in [4.78, 5) is 25.3. The number of aryl methyl sites for hydroxylation is 1. The summed E-state index contributed by atoms with van der Waals surface area (Å²) in [5.74, 6) is -0.0595. The average Bonchev–Trinajstić information content (AvgIpc) is 3.14. The van der Waals surface area contributed by atoms with E-state index in [0.717, 1.165) is 19.3 Å². The highest BCUT2D eigenvalue weighted by atomic mass is 19.1. The van der Waals surface area contributed by atoms with Crippen molar-refractivity contribution in [1.29, 1.82) is 0 Å². The molecule has 1 aromatic carbocycles. The van der Waals surface area contributed by atoms with E-state index in [-0.39, 0.29) is 24.2 Å². The molecule has 1 unspecified atom stereocenters. The van der Waals surface area contributed by atoms with Gasteiger partial charge in [-0.3, -0.25) is 9.59 Å². The molecule has 0 bridgehead atoms. The minimum atomic E-state index is -0.829. The number of carbonyl (C=O) groups excluding carboxylic acids is 1. The Hall–Kier alpha value is -2.63. The number of carboxylic acids is 1. The van der Waals surface area contributed by atoms with Crippen LogP contribution in [-0.2, 0) is 16.0 Å². The number of nitrogens with zero attached hydrogens (tertiary/aromatic N) is 1. The number of carboxylic acid groups (broad SMARTS) is 1. The minimum absolute atomic E-state index is 0.00734. The lowest BCUT2D eigenvalue weighted by atomic mass is 9.97. The van der Waals surface area contributed by atoms with Crippen LogP contribution in [0, 0.1) is 5.82 Å². The summed E-state index contributed by atoms with van der Waals surface area (Å²) in [5, 5.41) is 8.89. The number of rotatable bonds is 7. The largest absolute Gasteiger partial charge is 0.481 e. The molecule has 0 aliphatic carbocycles. The van der Waals surface area contributed by atoms with Crippen molar-refractivity contribution in [1.82, 2.24) is 4.90 Å². The fourth-order valence-electron chi connectivity index (χ4n) is 3.61. The molecule has 1 amide bonds. The minimum Gasteiger partial charge on any atom is -0.481 e. The van der Waals surface area contributed by atoms with E-state index in [0.29, 0.717) is 42.9 Å². The first kappa shape index (κ1) is 19.1. The van der Waals surface area contributed by atoms with Gasteiger partial charge in [-0.25, -0.2) is 4.39 Å². The molecule has 5 nitrogen and oxygen atoms in total. The van der Waals surface area contributed by atoms with Crippen LogP contribution in [0.4, 0.5) is 4.39 Å². The summed E-state index contributed by atoms with van der Waals surface area (Å²) in [6.07, 6.45) is 4.16. The van der Waals surface area contributed by atoms with Gasteiger partial charge in [0.25, 0.3) is 0 Å². The predicted octanol–water partition coefficient (Wildman–Crippen LogP) is 4.26. The Morgan fingerprint density at radius 1 is 1.15 bits per heavy atom. The topological polar surface area (TPSA) is 70.8 Å². The molecule has 0 saturated carbocycles. The third-order valence-corrected chi connectivity index (χ3v) is 5.03. The molecule has 1 atom stereocenters. The average molecular weight is 373 g/mol. The van der Waals surface area contributed by atoms with Crippen LogP contribution in [0.2, 0.25) is 0 Å². The molecule has 1 aliphatic heterocycles. The van der Waals surface area contributed by atoms with Crippen LogP contribution >= 0.6 is 0 Å². The van der Waals surface area contributed by atoms with Crippen LogP contribution < -0.4 is 0 Å². The predicted molar refractivity (Wildman–Crippen MR) is 98.6 cm³/mol. The van der Waals surface area contributed by atoms with Crippen LogP contribution in [-0.4, -0.2) is 34.5 Å². The molecule has 3 rings (SSSR count). The summed E-state index contributed by atoms with van der Waals surface area (Å²) in [6, 6.07) is 9.91. The highest BCUT2D eigenvalue weighted by molar-refractivity contribution is 5.77. The number of furan rings is 1. The lowest BCUT2D eigenvalue weighted by Gasteiger charge is -2.35. The first-order valence-corrected chi connectivity index (χ1v) is 9.39. The van der Waals surface area contributed by atoms with E-state index in [1.54, 1.807) is 30.3 Å². The fraction of sp³-hybridized carbons (Fsp3) is 0.429. The Morgan fingerprint density at radius 2 is 1.96 bits per heavy atom. The number of hydrogen-bond acceptors (Lipinski definition) is 3. The monoisotopic (exact) mass is 373 g/mol. The Balaban J connectivity index is 1.58. The van der Waals surface area contributed by atoms with Crippen molar-refractivity contribution in [3.8, 4) is 11.3 Å². The molecular weight excluding hydrogens is 349 g/mol. The Kier molecular flexibility index (Phi) is 6.27. The maximum atomic E-state index is 13.9. The van der Waals surface area contributed by atoms with E-state index in [2.05, 4.69) is 0 Å². The van der Waals surface area contributed by atoms with Gasteiger partial charge >= 0.3 is 5.97 Å². The van der Waals surface area contributed by atoms with Crippen LogP contribution in [0.5, 0.6) is 0 Å². The molecule has 0 spiro atoms. The molecule has 27 heavy (non-hydrogen) atoms. The summed E-state index contributed by atoms with van der Waals surface area (Å²) in [5.41, 5.74) is 0.403. The summed E-state index contributed by atoms with van der Waals surface area (Å²) in [7, 11) is 0. The van der Waals surface area contributed by atoms with Gasteiger partial charge in [-0.15, -0.1) is 0 Å². The lowest BCUT2D eigenvalue weighted by molar-refractivity contribution is -0.140. The second-order valence-electron chi connectivity index (χ2n) is 6.91. The first-order chi connectivity index (χ1) is 13.0. The van der Waals surface area contributed by atoms with Crippen molar-refractivity contribution in [2.45, 2.75) is 51.0 Å². The molecule has 2 aromatic rings. The number of hydrogen-bond donors (Lipinski definition) is 1. The van der Waals surface area contributed by atoms with E-state index >= 15 is 0 Å². The molecule has 6 heteroatoms. The number of carbonyl (C=O) groups is 2. The summed E-state index contributed by atoms with van der Waals surface area (Å²) < 4.78 is 19.6. The number of piperidine rings is 1. The van der Waals surface area contributed by atoms with Crippen LogP contribution in [0.15, 0.2) is 40.8 Å². The summed E-state index contributed by atoms with van der Waals surface area (Å²) >= 11 is 0. The zero-order valence-corrected chi connectivity index (χ0v) is 15.2. The molecular formula is C21H24FNO4. The molecule has 0 radical (unpaired) electrons. The van der Waals surface area contributed by atoms with Crippen molar-refractivity contribution in [3.63, 3.8) is 0 Å². The van der Waals surface area contributed by atoms with Crippen molar-refractivity contribution >= 4 is 11.9 Å². The van der Waals surface area contributed by atoms with Crippen molar-refractivity contribution < 1.29 is 23.5 Å². The number of amides is 1. The zero-order chi connectivity index (χ0) is 19.2. The first-order valence-electron chi connectivity index (χ1n) is 9.39. The van der Waals surface area contributed by atoms with E-state index in [1.165, 1.54) is 6.07 Å². The zero-order valence-electron chi connectivity index (χ0n) is 15.2. The Morgan fingerprint density at radius 3 is 2.74 bits per heavy atom. The number of likely N-dealkylation sites (tertiary alicyclic amines) is 1. The van der Waals surface area contributed by atoms with Crippen molar-refractivity contribution in [2.24, 2.45) is 0 Å². The Bertz CT molecular complexity index is 801. The van der Waals surface area contributed by atoms with E-state index in [4.69, 9.17) is 9.52 Å². The molecule has 1 aromatic heterocycles. The number of halogens is 1. The normalized spacial score (nSPS) is 17.1. The molecule has 1 N–H and O–H groups in total. The van der Waals surface area contributed by atoms with Crippen molar-refractivity contribution in [3.05, 3.63) is 48.0 Å². The fourth-order valence-corrected chi connectivity index (χ4v) is 3.61.